The molecule has 21 heavy (non-hydrogen) atoms. The van der Waals surface area contributed by atoms with Crippen LogP contribution in [0.3, 0.4) is 0 Å². The summed E-state index contributed by atoms with van der Waals surface area (Å²) in [5, 5.41) is 17.4. The Morgan fingerprint density at radius 2 is 2.14 bits per heavy atom. The van der Waals surface area contributed by atoms with E-state index in [0.29, 0.717) is 23.2 Å². The van der Waals surface area contributed by atoms with Crippen LogP contribution in [-0.4, -0.2) is 21.4 Å². The van der Waals surface area contributed by atoms with E-state index in [0.717, 1.165) is 6.42 Å². The summed E-state index contributed by atoms with van der Waals surface area (Å²) in [7, 11) is 0. The number of benzene rings is 1. The van der Waals surface area contributed by atoms with E-state index < -0.39 is 4.92 Å². The molecule has 1 aromatic heterocycles. The van der Waals surface area contributed by atoms with Gasteiger partial charge in [0.25, 0.3) is 0 Å². The number of nitro groups is 1. The van der Waals surface area contributed by atoms with Gasteiger partial charge in [0, 0.05) is 6.54 Å². The fourth-order valence-corrected chi connectivity index (χ4v) is 1.80. The Balaban J connectivity index is 2.34. The summed E-state index contributed by atoms with van der Waals surface area (Å²) in [4.78, 5) is 18.6. The first-order valence-electron chi connectivity index (χ1n) is 6.38. The highest BCUT2D eigenvalue weighted by Crippen LogP contribution is 2.29. The van der Waals surface area contributed by atoms with Crippen molar-refractivity contribution in [3.63, 3.8) is 0 Å². The first kappa shape index (κ1) is 15.0. The van der Waals surface area contributed by atoms with E-state index in [1.54, 1.807) is 24.3 Å². The van der Waals surface area contributed by atoms with E-state index in [1.165, 1.54) is 6.20 Å². The quantitative estimate of drug-likeness (QED) is 0.625. The van der Waals surface area contributed by atoms with Gasteiger partial charge in [-0.3, -0.25) is 10.1 Å². The van der Waals surface area contributed by atoms with Crippen molar-refractivity contribution in [2.24, 2.45) is 0 Å². The second kappa shape index (κ2) is 6.85. The van der Waals surface area contributed by atoms with Gasteiger partial charge in [-0.1, -0.05) is 30.7 Å². The minimum absolute atomic E-state index is 0.0988. The van der Waals surface area contributed by atoms with E-state index in [4.69, 9.17) is 11.6 Å². The number of anilines is 3. The molecule has 110 valence electrons. The van der Waals surface area contributed by atoms with Gasteiger partial charge < -0.3 is 10.6 Å². The molecule has 0 unspecified atom stereocenters. The molecule has 8 heteroatoms. The van der Waals surface area contributed by atoms with Crippen LogP contribution in [0.5, 0.6) is 0 Å². The number of para-hydroxylation sites is 1. The van der Waals surface area contributed by atoms with Crippen molar-refractivity contribution in [3.8, 4) is 0 Å². The average Bonchev–Trinajstić information content (AvgIpc) is 2.47. The molecule has 2 rings (SSSR count). The van der Waals surface area contributed by atoms with Crippen LogP contribution in [0.2, 0.25) is 5.02 Å². The van der Waals surface area contributed by atoms with E-state index in [2.05, 4.69) is 20.6 Å². The lowest BCUT2D eigenvalue weighted by Gasteiger charge is -2.09. The predicted octanol–water partition coefficient (Wildman–Crippen LogP) is 3.60. The summed E-state index contributed by atoms with van der Waals surface area (Å²) in [5.41, 5.74) is 0.333. The molecule has 0 spiro atoms. The van der Waals surface area contributed by atoms with E-state index in [-0.39, 0.29) is 11.5 Å². The standard InChI is InChI=1S/C13H14ClN5O2/c1-2-7-15-13-16-8-11(19(20)21)12(18-13)17-10-6-4-3-5-9(10)14/h3-6,8H,2,7H2,1H3,(H2,15,16,17,18). The normalized spacial score (nSPS) is 10.2. The second-order valence-corrected chi connectivity index (χ2v) is 4.62. The number of hydrogen-bond acceptors (Lipinski definition) is 6. The minimum Gasteiger partial charge on any atom is -0.354 e. The summed E-state index contributed by atoms with van der Waals surface area (Å²) in [6.07, 6.45) is 2.07. The Kier molecular flexibility index (Phi) is 4.89. The molecule has 7 nitrogen and oxygen atoms in total. The summed E-state index contributed by atoms with van der Waals surface area (Å²) < 4.78 is 0. The summed E-state index contributed by atoms with van der Waals surface area (Å²) >= 11 is 6.04. The SMILES string of the molecule is CCCNc1ncc([N+](=O)[O-])c(Nc2ccccc2Cl)n1. The van der Waals surface area contributed by atoms with Crippen LogP contribution in [0.4, 0.5) is 23.1 Å². The average molecular weight is 308 g/mol. The number of halogens is 1. The highest BCUT2D eigenvalue weighted by atomic mass is 35.5. The molecule has 0 bridgehead atoms. The predicted molar refractivity (Wildman–Crippen MR) is 82.2 cm³/mol. The highest BCUT2D eigenvalue weighted by molar-refractivity contribution is 6.33. The zero-order valence-corrected chi connectivity index (χ0v) is 12.1. The van der Waals surface area contributed by atoms with Gasteiger partial charge in [0.2, 0.25) is 11.8 Å². The van der Waals surface area contributed by atoms with Gasteiger partial charge in [0.05, 0.1) is 15.6 Å². The molecule has 0 radical (unpaired) electrons. The third-order valence-corrected chi connectivity index (χ3v) is 2.96. The van der Waals surface area contributed by atoms with Crippen molar-refractivity contribution >= 4 is 34.7 Å². The van der Waals surface area contributed by atoms with E-state index in [1.807, 2.05) is 6.92 Å². The molecule has 0 saturated carbocycles. The largest absolute Gasteiger partial charge is 0.354 e. The molecule has 0 aliphatic heterocycles. The number of hydrogen-bond donors (Lipinski definition) is 2. The Bertz CT molecular complexity index is 650. The van der Waals surface area contributed by atoms with Crippen LogP contribution < -0.4 is 10.6 Å². The van der Waals surface area contributed by atoms with Crippen LogP contribution in [0.15, 0.2) is 30.5 Å². The Labute approximate surface area is 126 Å². The van der Waals surface area contributed by atoms with Gasteiger partial charge in [-0.25, -0.2) is 4.98 Å². The molecule has 2 N–H and O–H groups in total. The van der Waals surface area contributed by atoms with Crippen LogP contribution >= 0.6 is 11.6 Å². The first-order valence-corrected chi connectivity index (χ1v) is 6.76. The van der Waals surface area contributed by atoms with Gasteiger partial charge in [0.15, 0.2) is 0 Å². The summed E-state index contributed by atoms with van der Waals surface area (Å²) in [6.45, 7) is 2.69. The maximum Gasteiger partial charge on any atom is 0.329 e. The second-order valence-electron chi connectivity index (χ2n) is 4.22. The van der Waals surface area contributed by atoms with Gasteiger partial charge in [-0.05, 0) is 18.6 Å². The molecule has 1 heterocycles. The lowest BCUT2D eigenvalue weighted by atomic mass is 10.3. The minimum atomic E-state index is -0.539. The van der Waals surface area contributed by atoms with Crippen molar-refractivity contribution in [3.05, 3.63) is 45.6 Å². The molecular formula is C13H14ClN5O2. The van der Waals surface area contributed by atoms with Crippen LogP contribution in [0.1, 0.15) is 13.3 Å². The molecule has 2 aromatic rings. The summed E-state index contributed by atoms with van der Waals surface area (Å²) in [5.74, 6) is 0.429. The number of rotatable bonds is 6. The van der Waals surface area contributed by atoms with Crippen LogP contribution in [-0.2, 0) is 0 Å². The summed E-state index contributed by atoms with van der Waals surface area (Å²) in [6, 6.07) is 6.95. The zero-order chi connectivity index (χ0) is 15.2. The molecular weight excluding hydrogens is 294 g/mol. The van der Waals surface area contributed by atoms with Crippen molar-refractivity contribution in [1.29, 1.82) is 0 Å². The maximum atomic E-state index is 11.1. The smallest absolute Gasteiger partial charge is 0.329 e. The third-order valence-electron chi connectivity index (χ3n) is 2.63. The van der Waals surface area contributed by atoms with Crippen molar-refractivity contribution in [1.82, 2.24) is 9.97 Å². The Hall–Kier alpha value is -2.41. The zero-order valence-electron chi connectivity index (χ0n) is 11.3. The monoisotopic (exact) mass is 307 g/mol. The molecule has 0 fully saturated rings. The molecule has 0 amide bonds. The lowest BCUT2D eigenvalue weighted by molar-refractivity contribution is -0.384. The Morgan fingerprint density at radius 1 is 1.38 bits per heavy atom. The maximum absolute atomic E-state index is 11.1. The molecule has 0 aliphatic carbocycles. The van der Waals surface area contributed by atoms with E-state index in [9.17, 15) is 10.1 Å². The first-order chi connectivity index (χ1) is 10.1. The number of nitrogens with one attached hydrogen (secondary N) is 2. The Morgan fingerprint density at radius 3 is 2.81 bits per heavy atom. The molecule has 0 aliphatic rings. The number of aromatic nitrogens is 2. The van der Waals surface area contributed by atoms with E-state index >= 15 is 0 Å². The fraction of sp³-hybridized carbons (Fsp3) is 0.231. The fourth-order valence-electron chi connectivity index (χ4n) is 1.61. The van der Waals surface area contributed by atoms with Crippen molar-refractivity contribution in [2.75, 3.05) is 17.2 Å². The third kappa shape index (κ3) is 3.79. The van der Waals surface area contributed by atoms with Crippen LogP contribution in [0, 0.1) is 10.1 Å². The highest BCUT2D eigenvalue weighted by Gasteiger charge is 2.18. The number of nitrogens with zero attached hydrogens (tertiary/aromatic N) is 3. The van der Waals surface area contributed by atoms with Crippen molar-refractivity contribution < 1.29 is 4.92 Å². The topological polar surface area (TPSA) is 93.0 Å². The lowest BCUT2D eigenvalue weighted by Crippen LogP contribution is -2.08. The van der Waals surface area contributed by atoms with Gasteiger partial charge in [-0.2, -0.15) is 4.98 Å². The van der Waals surface area contributed by atoms with Gasteiger partial charge in [-0.15, -0.1) is 0 Å². The molecule has 1 aromatic carbocycles. The molecule has 0 saturated heterocycles. The van der Waals surface area contributed by atoms with Gasteiger partial charge in [0.1, 0.15) is 6.20 Å². The van der Waals surface area contributed by atoms with Gasteiger partial charge >= 0.3 is 5.69 Å². The van der Waals surface area contributed by atoms with Crippen LogP contribution in [0.25, 0.3) is 0 Å². The van der Waals surface area contributed by atoms with Crippen molar-refractivity contribution in [2.45, 2.75) is 13.3 Å². The molecule has 0 atom stereocenters.